The maximum Gasteiger partial charge on any atom is 0.408 e. The van der Waals surface area contributed by atoms with Gasteiger partial charge in [0, 0.05) is 35.6 Å². The van der Waals surface area contributed by atoms with Crippen molar-refractivity contribution in [3.05, 3.63) is 59.3 Å². The Morgan fingerprint density at radius 2 is 2.11 bits per heavy atom. The van der Waals surface area contributed by atoms with Gasteiger partial charge in [-0.2, -0.15) is 5.10 Å². The van der Waals surface area contributed by atoms with Gasteiger partial charge in [-0.3, -0.25) is 9.50 Å². The monoisotopic (exact) mass is 541 g/mol. The zero-order valence-corrected chi connectivity index (χ0v) is 20.6. The smallest absolute Gasteiger partial charge is 0.408 e. The van der Waals surface area contributed by atoms with Gasteiger partial charge >= 0.3 is 6.09 Å². The molecule has 1 saturated heterocycles. The number of benzene rings is 1. The van der Waals surface area contributed by atoms with Crippen LogP contribution in [0.15, 0.2) is 42.7 Å². The van der Waals surface area contributed by atoms with E-state index in [1.54, 1.807) is 35.0 Å². The highest BCUT2D eigenvalue weighted by atomic mass is 35.5. The van der Waals surface area contributed by atoms with Crippen LogP contribution < -0.4 is 10.6 Å². The lowest BCUT2D eigenvalue weighted by molar-refractivity contribution is -0.0528. The van der Waals surface area contributed by atoms with Gasteiger partial charge in [0.25, 0.3) is 0 Å². The first-order valence-corrected chi connectivity index (χ1v) is 12.6. The number of halogens is 3. The van der Waals surface area contributed by atoms with E-state index in [-0.39, 0.29) is 17.2 Å². The Bertz CT molecular complexity index is 1540. The van der Waals surface area contributed by atoms with Crippen molar-refractivity contribution in [3.8, 4) is 11.3 Å². The van der Waals surface area contributed by atoms with E-state index in [9.17, 15) is 9.18 Å². The average Bonchev–Trinajstić information content (AvgIpc) is 3.58. The van der Waals surface area contributed by atoms with Crippen LogP contribution in [0, 0.1) is 11.7 Å². The second-order valence-corrected chi connectivity index (χ2v) is 10.5. The summed E-state index contributed by atoms with van der Waals surface area (Å²) in [6.45, 7) is -0.0594. The molecule has 2 bridgehead atoms. The molecule has 8 rings (SSSR count). The molecule has 196 valence electrons. The molecular weight excluding hydrogens is 520 g/mol. The maximum absolute atomic E-state index is 15.2. The number of anilines is 2. The Hall–Kier alpha value is -3.77. The number of alkyl carbamates (subject to hydrolysis) is 1. The van der Waals surface area contributed by atoms with Gasteiger partial charge in [0.15, 0.2) is 18.1 Å². The van der Waals surface area contributed by atoms with Crippen LogP contribution in [0.25, 0.3) is 16.9 Å². The van der Waals surface area contributed by atoms with Gasteiger partial charge in [-0.05, 0) is 43.4 Å². The van der Waals surface area contributed by atoms with Crippen molar-refractivity contribution in [3.63, 3.8) is 0 Å². The molecule has 0 radical (unpaired) electrons. The molecule has 0 spiro atoms. The lowest BCUT2D eigenvalue weighted by atomic mass is 9.50. The molecule has 10 nitrogen and oxygen atoms in total. The summed E-state index contributed by atoms with van der Waals surface area (Å²) in [5, 5.41) is 13.0. The first-order valence-electron chi connectivity index (χ1n) is 12.2. The minimum absolute atomic E-state index is 0.0181. The molecular formula is C25H22ClF2N7O3. The Morgan fingerprint density at radius 1 is 1.26 bits per heavy atom. The van der Waals surface area contributed by atoms with E-state index in [2.05, 4.69) is 30.8 Å². The molecule has 1 aliphatic heterocycles. The molecule has 3 atom stereocenters. The number of rotatable bonds is 6. The number of imidazole rings is 1. The van der Waals surface area contributed by atoms with E-state index in [1.165, 1.54) is 12.1 Å². The second kappa shape index (κ2) is 8.63. The van der Waals surface area contributed by atoms with Crippen molar-refractivity contribution in [2.45, 2.75) is 43.2 Å². The molecule has 4 aliphatic rings. The van der Waals surface area contributed by atoms with Gasteiger partial charge in [-0.25, -0.2) is 23.5 Å². The first-order chi connectivity index (χ1) is 18.4. The molecule has 0 unspecified atom stereocenters. The average molecular weight is 542 g/mol. The number of carbonyl (C=O) groups is 1. The third-order valence-electron chi connectivity index (χ3n) is 7.50. The summed E-state index contributed by atoms with van der Waals surface area (Å²) in [6.07, 6.45) is 2.08. The van der Waals surface area contributed by atoms with Crippen LogP contribution in [-0.2, 0) is 9.47 Å². The number of aromatic amines is 1. The van der Waals surface area contributed by atoms with E-state index in [0.717, 1.165) is 19.3 Å². The summed E-state index contributed by atoms with van der Waals surface area (Å²) < 4.78 is 41.5. The molecule has 13 heteroatoms. The fourth-order valence-corrected chi connectivity index (χ4v) is 5.61. The van der Waals surface area contributed by atoms with Crippen LogP contribution in [0.5, 0.6) is 0 Å². The lowest BCUT2D eigenvalue weighted by Crippen LogP contribution is -2.68. The fraction of sp³-hybridized carbons (Fsp3) is 0.360. The van der Waals surface area contributed by atoms with Gasteiger partial charge in [0.2, 0.25) is 5.95 Å². The highest BCUT2D eigenvalue weighted by Crippen LogP contribution is 2.57. The number of H-pyrrole nitrogens is 1. The largest absolute Gasteiger partial charge is 0.441 e. The number of hydrogen-bond donors (Lipinski definition) is 3. The van der Waals surface area contributed by atoms with E-state index in [1.807, 2.05) is 0 Å². The molecule has 3 aromatic heterocycles. The molecule has 3 aliphatic carbocycles. The van der Waals surface area contributed by atoms with E-state index in [0.29, 0.717) is 40.3 Å². The van der Waals surface area contributed by atoms with Crippen LogP contribution in [0.4, 0.5) is 25.3 Å². The number of nitrogens with one attached hydrogen (secondary N) is 3. The lowest BCUT2D eigenvalue weighted by Gasteiger charge is -2.61. The number of ether oxygens (including phenoxy) is 2. The summed E-state index contributed by atoms with van der Waals surface area (Å²) in [5.41, 5.74) is 1.95. The molecule has 1 amide bonds. The summed E-state index contributed by atoms with van der Waals surface area (Å²) in [7, 11) is 0. The Labute approximate surface area is 219 Å². The Kier molecular flexibility index (Phi) is 5.31. The van der Waals surface area contributed by atoms with Crippen LogP contribution in [0.1, 0.15) is 31.1 Å². The van der Waals surface area contributed by atoms with Gasteiger partial charge in [0.1, 0.15) is 17.6 Å². The number of hydrogen-bond acceptors (Lipinski definition) is 7. The van der Waals surface area contributed by atoms with Gasteiger partial charge in [0.05, 0.1) is 23.0 Å². The molecule has 4 fully saturated rings. The van der Waals surface area contributed by atoms with Crippen molar-refractivity contribution >= 4 is 35.1 Å². The van der Waals surface area contributed by atoms with Crippen LogP contribution in [-0.4, -0.2) is 55.1 Å². The minimum Gasteiger partial charge on any atom is -0.441 e. The molecule has 3 N–H and O–H groups in total. The van der Waals surface area contributed by atoms with Crippen molar-refractivity contribution in [1.82, 2.24) is 29.9 Å². The van der Waals surface area contributed by atoms with Crippen molar-refractivity contribution in [2.75, 3.05) is 11.9 Å². The zero-order valence-electron chi connectivity index (χ0n) is 19.8. The second-order valence-electron chi connectivity index (χ2n) is 10.1. The van der Waals surface area contributed by atoms with E-state index >= 15 is 4.39 Å². The predicted octanol–water partition coefficient (Wildman–Crippen LogP) is 4.71. The number of carbonyl (C=O) groups excluding carboxylic acids is 1. The van der Waals surface area contributed by atoms with Crippen LogP contribution in [0.3, 0.4) is 0 Å². The minimum atomic E-state index is -1.56. The SMILES string of the molecule is O=C(NC12CC(C1)C2)O[C@@H]1CO[C@H](c2cc(Nc3nc(-c4ccc(F)c(Cl)c4)cc4nccn34)n[nH]2)[C@@H]1F. The first kappa shape index (κ1) is 23.4. The van der Waals surface area contributed by atoms with Crippen LogP contribution >= 0.6 is 11.6 Å². The third-order valence-corrected chi connectivity index (χ3v) is 7.79. The molecule has 4 aromatic rings. The summed E-state index contributed by atoms with van der Waals surface area (Å²) >= 11 is 5.96. The summed E-state index contributed by atoms with van der Waals surface area (Å²) in [5.74, 6) is 0.917. The van der Waals surface area contributed by atoms with E-state index < -0.39 is 30.3 Å². The van der Waals surface area contributed by atoms with Crippen molar-refractivity contribution in [2.24, 2.45) is 5.92 Å². The summed E-state index contributed by atoms with van der Waals surface area (Å²) in [6, 6.07) is 7.68. The van der Waals surface area contributed by atoms with Crippen molar-refractivity contribution in [1.29, 1.82) is 0 Å². The zero-order chi connectivity index (χ0) is 26.0. The van der Waals surface area contributed by atoms with Crippen molar-refractivity contribution < 1.29 is 23.0 Å². The number of aromatic nitrogens is 5. The summed E-state index contributed by atoms with van der Waals surface area (Å²) in [4.78, 5) is 21.2. The van der Waals surface area contributed by atoms with E-state index in [4.69, 9.17) is 21.1 Å². The molecule has 1 aromatic carbocycles. The topological polar surface area (TPSA) is 118 Å². The number of fused-ring (bicyclic) bond motifs is 1. The van der Waals surface area contributed by atoms with Crippen LogP contribution in [0.2, 0.25) is 5.02 Å². The number of nitrogens with zero attached hydrogens (tertiary/aromatic N) is 4. The molecule has 4 heterocycles. The quantitative estimate of drug-likeness (QED) is 0.323. The molecule has 3 saturated carbocycles. The normalized spacial score (nSPS) is 27.6. The highest BCUT2D eigenvalue weighted by molar-refractivity contribution is 6.31. The molecule has 38 heavy (non-hydrogen) atoms. The Morgan fingerprint density at radius 3 is 2.87 bits per heavy atom. The third kappa shape index (κ3) is 3.95. The number of alkyl halides is 1. The van der Waals surface area contributed by atoms with Gasteiger partial charge in [-0.15, -0.1) is 0 Å². The van der Waals surface area contributed by atoms with Gasteiger partial charge in [-0.1, -0.05) is 11.6 Å². The standard InChI is InChI=1S/C25H22ClF2N7O3/c26-14-5-13(1-2-15(14)27)16-7-20-29-3-4-35(20)23(30-16)31-19-6-17(33-34-19)22-21(28)18(11-37-22)38-24(36)32-25-8-12(9-25)10-25/h1-7,12,18,21-22H,8-11H2,(H,32,36)(H2,30,31,33,34)/t12?,18-,21-,22-,25?/m1/s1. The number of amides is 1. The maximum atomic E-state index is 15.2. The predicted molar refractivity (Wildman–Crippen MR) is 132 cm³/mol. The van der Waals surface area contributed by atoms with Gasteiger partial charge < -0.3 is 20.1 Å². The fourth-order valence-electron chi connectivity index (χ4n) is 5.43. The Balaban J connectivity index is 1.07. The highest BCUT2D eigenvalue weighted by Gasteiger charge is 2.58.